The van der Waals surface area contributed by atoms with Crippen LogP contribution < -0.4 is 4.72 Å². The third kappa shape index (κ3) is 2.60. The number of nitrogens with zero attached hydrogens (tertiary/aromatic N) is 2. The summed E-state index contributed by atoms with van der Waals surface area (Å²) in [6.07, 6.45) is 2.83. The summed E-state index contributed by atoms with van der Waals surface area (Å²) < 4.78 is 22.2. The van der Waals surface area contributed by atoms with Gasteiger partial charge in [-0.2, -0.15) is 0 Å². The van der Waals surface area contributed by atoms with Gasteiger partial charge in [-0.15, -0.1) is 0 Å². The SMILES string of the molecule is Cc1cnc(NS(=O)[O-])cn1. The number of aryl methyl sites for hydroxylation is 1. The van der Waals surface area contributed by atoms with E-state index in [9.17, 15) is 8.76 Å². The van der Waals surface area contributed by atoms with Gasteiger partial charge in [0.15, 0.2) is 5.82 Å². The summed E-state index contributed by atoms with van der Waals surface area (Å²) >= 11 is -2.33. The van der Waals surface area contributed by atoms with Gasteiger partial charge in [-0.1, -0.05) is 0 Å². The van der Waals surface area contributed by atoms with Crippen LogP contribution in [0.3, 0.4) is 0 Å². The molecule has 0 aliphatic heterocycles. The summed E-state index contributed by atoms with van der Waals surface area (Å²) in [4.78, 5) is 7.59. The summed E-state index contributed by atoms with van der Waals surface area (Å²) in [6, 6.07) is 0. The third-order valence-corrected chi connectivity index (χ3v) is 1.34. The maximum absolute atomic E-state index is 10.1. The van der Waals surface area contributed by atoms with Crippen LogP contribution in [0.1, 0.15) is 5.69 Å². The van der Waals surface area contributed by atoms with E-state index in [0.717, 1.165) is 5.69 Å². The fraction of sp³-hybridized carbons (Fsp3) is 0.200. The first-order chi connectivity index (χ1) is 5.18. The van der Waals surface area contributed by atoms with Crippen molar-refractivity contribution in [2.45, 2.75) is 6.92 Å². The molecule has 1 atom stereocenters. The van der Waals surface area contributed by atoms with Gasteiger partial charge in [0, 0.05) is 11.3 Å². The lowest BCUT2D eigenvalue weighted by molar-refractivity contribution is 0.542. The van der Waals surface area contributed by atoms with Crippen LogP contribution in [0, 0.1) is 6.92 Å². The van der Waals surface area contributed by atoms with E-state index in [0.29, 0.717) is 0 Å². The van der Waals surface area contributed by atoms with Crippen LogP contribution in [0.2, 0.25) is 0 Å². The summed E-state index contributed by atoms with van der Waals surface area (Å²) in [5.41, 5.74) is 0.743. The molecular weight excluding hydrogens is 166 g/mol. The van der Waals surface area contributed by atoms with Crippen LogP contribution in [-0.4, -0.2) is 18.7 Å². The second-order valence-electron chi connectivity index (χ2n) is 1.88. The fourth-order valence-corrected chi connectivity index (χ4v) is 0.807. The topological polar surface area (TPSA) is 77.9 Å². The predicted octanol–water partition coefficient (Wildman–Crippen LogP) is -0.00898. The molecule has 0 aliphatic carbocycles. The van der Waals surface area contributed by atoms with Crippen molar-refractivity contribution >= 4 is 17.1 Å². The number of rotatable bonds is 2. The molecule has 1 unspecified atom stereocenters. The first-order valence-corrected chi connectivity index (χ1v) is 3.90. The molecule has 11 heavy (non-hydrogen) atoms. The van der Waals surface area contributed by atoms with E-state index in [1.807, 2.05) is 0 Å². The lowest BCUT2D eigenvalue weighted by atomic mass is 10.5. The van der Waals surface area contributed by atoms with Crippen molar-refractivity contribution < 1.29 is 8.76 Å². The highest BCUT2D eigenvalue weighted by molar-refractivity contribution is 7.80. The quantitative estimate of drug-likeness (QED) is 0.636. The Kier molecular flexibility index (Phi) is 2.50. The van der Waals surface area contributed by atoms with Crippen LogP contribution >= 0.6 is 0 Å². The van der Waals surface area contributed by atoms with Crippen LogP contribution in [0.4, 0.5) is 5.82 Å². The van der Waals surface area contributed by atoms with Crippen LogP contribution in [0.5, 0.6) is 0 Å². The zero-order chi connectivity index (χ0) is 8.27. The highest BCUT2D eigenvalue weighted by atomic mass is 32.2. The Morgan fingerprint density at radius 3 is 2.73 bits per heavy atom. The van der Waals surface area contributed by atoms with E-state index in [1.54, 1.807) is 6.92 Å². The highest BCUT2D eigenvalue weighted by Crippen LogP contribution is 1.99. The van der Waals surface area contributed by atoms with Crippen molar-refractivity contribution in [2.75, 3.05) is 4.72 Å². The molecular formula is C5H6N3O2S-. The molecule has 0 saturated heterocycles. The van der Waals surface area contributed by atoms with E-state index < -0.39 is 11.3 Å². The molecule has 0 aromatic carbocycles. The number of anilines is 1. The Morgan fingerprint density at radius 1 is 1.55 bits per heavy atom. The standard InChI is InChI=1S/C5H7N3O2S/c1-4-2-7-5(3-6-4)8-11(9)10/h2-3H,1H3,(H,7,8)(H,9,10)/p-1. The molecule has 0 aliphatic rings. The Bertz CT molecular complexity index is 261. The van der Waals surface area contributed by atoms with E-state index in [4.69, 9.17) is 0 Å². The molecule has 0 fully saturated rings. The van der Waals surface area contributed by atoms with E-state index in [1.165, 1.54) is 12.4 Å². The largest absolute Gasteiger partial charge is 0.755 e. The highest BCUT2D eigenvalue weighted by Gasteiger charge is 1.91. The smallest absolute Gasteiger partial charge is 0.155 e. The van der Waals surface area contributed by atoms with Gasteiger partial charge in [-0.3, -0.25) is 13.9 Å². The molecule has 1 N–H and O–H groups in total. The lowest BCUT2D eigenvalue weighted by Gasteiger charge is -2.05. The molecule has 1 heterocycles. The van der Waals surface area contributed by atoms with Crippen LogP contribution in [0.15, 0.2) is 12.4 Å². The maximum Gasteiger partial charge on any atom is 0.155 e. The number of aromatic nitrogens is 2. The van der Waals surface area contributed by atoms with Crippen molar-refractivity contribution in [3.63, 3.8) is 0 Å². The molecule has 0 radical (unpaired) electrons. The summed E-state index contributed by atoms with van der Waals surface area (Å²) in [5.74, 6) is 0.226. The molecule has 1 aromatic heterocycles. The molecule has 0 bridgehead atoms. The van der Waals surface area contributed by atoms with Gasteiger partial charge in [-0.25, -0.2) is 4.98 Å². The minimum atomic E-state index is -2.33. The zero-order valence-electron chi connectivity index (χ0n) is 5.77. The first-order valence-electron chi connectivity index (χ1n) is 2.83. The zero-order valence-corrected chi connectivity index (χ0v) is 6.59. The molecule has 60 valence electrons. The Labute approximate surface area is 66.3 Å². The first kappa shape index (κ1) is 8.09. The van der Waals surface area contributed by atoms with Gasteiger partial charge in [0.2, 0.25) is 0 Å². The maximum atomic E-state index is 10.1. The molecule has 0 saturated carbocycles. The predicted molar refractivity (Wildman–Crippen MR) is 39.3 cm³/mol. The molecule has 5 nitrogen and oxygen atoms in total. The van der Waals surface area contributed by atoms with Gasteiger partial charge < -0.3 is 4.55 Å². The van der Waals surface area contributed by atoms with E-state index >= 15 is 0 Å². The van der Waals surface area contributed by atoms with Crippen LogP contribution in [0.25, 0.3) is 0 Å². The Morgan fingerprint density at radius 2 is 2.27 bits per heavy atom. The summed E-state index contributed by atoms with van der Waals surface area (Å²) in [5, 5.41) is 0. The van der Waals surface area contributed by atoms with Crippen molar-refractivity contribution in [3.05, 3.63) is 18.1 Å². The number of hydrogen-bond donors (Lipinski definition) is 1. The van der Waals surface area contributed by atoms with Crippen molar-refractivity contribution in [1.82, 2.24) is 9.97 Å². The van der Waals surface area contributed by atoms with Gasteiger partial charge >= 0.3 is 0 Å². The van der Waals surface area contributed by atoms with E-state index in [-0.39, 0.29) is 5.82 Å². The third-order valence-electron chi connectivity index (χ3n) is 0.969. The molecule has 1 aromatic rings. The van der Waals surface area contributed by atoms with Gasteiger partial charge in [0.05, 0.1) is 18.1 Å². The summed E-state index contributed by atoms with van der Waals surface area (Å²) in [6.45, 7) is 1.77. The molecule has 6 heteroatoms. The minimum Gasteiger partial charge on any atom is -0.755 e. The van der Waals surface area contributed by atoms with Crippen LogP contribution in [-0.2, 0) is 11.3 Å². The average molecular weight is 172 g/mol. The molecule has 0 spiro atoms. The second-order valence-corrected chi connectivity index (χ2v) is 2.55. The Balaban J connectivity index is 2.74. The number of hydrogen-bond acceptors (Lipinski definition) is 4. The van der Waals surface area contributed by atoms with Gasteiger partial charge in [0.1, 0.15) is 0 Å². The minimum absolute atomic E-state index is 0.226. The van der Waals surface area contributed by atoms with Gasteiger partial charge in [0.25, 0.3) is 0 Å². The molecule has 0 amide bonds. The average Bonchev–Trinajstić information content (AvgIpc) is 1.93. The normalized spacial score (nSPS) is 12.5. The summed E-state index contributed by atoms with van der Waals surface area (Å²) in [7, 11) is 0. The number of nitrogens with one attached hydrogen (secondary N) is 1. The lowest BCUT2D eigenvalue weighted by Crippen LogP contribution is -2.04. The molecule has 1 rings (SSSR count). The second kappa shape index (κ2) is 3.40. The monoisotopic (exact) mass is 172 g/mol. The van der Waals surface area contributed by atoms with Crippen molar-refractivity contribution in [3.8, 4) is 0 Å². The van der Waals surface area contributed by atoms with E-state index in [2.05, 4.69) is 14.7 Å². The van der Waals surface area contributed by atoms with Crippen molar-refractivity contribution in [2.24, 2.45) is 0 Å². The van der Waals surface area contributed by atoms with Gasteiger partial charge in [-0.05, 0) is 6.92 Å². The fourth-order valence-electron chi connectivity index (χ4n) is 0.531. The van der Waals surface area contributed by atoms with Crippen molar-refractivity contribution in [1.29, 1.82) is 0 Å². The Hall–Kier alpha value is -1.01.